The Labute approximate surface area is 109 Å². The Balaban J connectivity index is 2.26. The Hall–Kier alpha value is -2.66. The van der Waals surface area contributed by atoms with Crippen LogP contribution in [-0.4, -0.2) is 10.9 Å². The minimum absolute atomic E-state index is 0.179. The smallest absolute Gasteiger partial charge is 0.287 e. The van der Waals surface area contributed by atoms with Crippen LogP contribution in [-0.2, 0) is 0 Å². The molecule has 5 heteroatoms. The van der Waals surface area contributed by atoms with Crippen LogP contribution in [0.4, 0.5) is 0 Å². The van der Waals surface area contributed by atoms with Gasteiger partial charge in [-0.1, -0.05) is 42.5 Å². The van der Waals surface area contributed by atoms with Crippen LogP contribution >= 0.6 is 0 Å². The molecule has 94 valence electrons. The number of fused-ring (bicyclic) bond motifs is 1. The van der Waals surface area contributed by atoms with Crippen molar-refractivity contribution in [3.63, 3.8) is 0 Å². The maximum absolute atomic E-state index is 11.6. The predicted molar refractivity (Wildman–Crippen MR) is 71.1 cm³/mol. The van der Waals surface area contributed by atoms with Crippen molar-refractivity contribution in [1.29, 1.82) is 0 Å². The molecule has 0 unspecified atom stereocenters. The molecule has 5 nitrogen and oxygen atoms in total. The van der Waals surface area contributed by atoms with E-state index in [0.717, 1.165) is 16.3 Å². The second-order valence-electron chi connectivity index (χ2n) is 4.03. The van der Waals surface area contributed by atoms with Gasteiger partial charge in [-0.3, -0.25) is 10.2 Å². The molecular formula is C14H11N3O2. The van der Waals surface area contributed by atoms with Crippen LogP contribution in [0.2, 0.25) is 0 Å². The van der Waals surface area contributed by atoms with E-state index >= 15 is 0 Å². The van der Waals surface area contributed by atoms with E-state index in [2.05, 4.69) is 10.4 Å². The highest BCUT2D eigenvalue weighted by atomic mass is 16.3. The van der Waals surface area contributed by atoms with Gasteiger partial charge >= 0.3 is 0 Å². The number of carbonyl (C=O) groups excluding carboxylic acids is 1. The third-order valence-corrected chi connectivity index (χ3v) is 2.95. The second-order valence-corrected chi connectivity index (χ2v) is 4.03. The Kier molecular flexibility index (Phi) is 2.74. The number of carbonyl (C=O) groups is 1. The zero-order valence-electron chi connectivity index (χ0n) is 9.96. The second kappa shape index (κ2) is 4.55. The number of hydrazine groups is 1. The Morgan fingerprint density at radius 3 is 2.79 bits per heavy atom. The van der Waals surface area contributed by atoms with Gasteiger partial charge in [0.05, 0.1) is 0 Å². The molecule has 1 heterocycles. The Morgan fingerprint density at radius 2 is 1.95 bits per heavy atom. The molecule has 1 amide bonds. The number of nitrogens with two attached hydrogens (primary N) is 1. The number of hydrogen-bond donors (Lipinski definition) is 2. The van der Waals surface area contributed by atoms with Crippen LogP contribution in [0.3, 0.4) is 0 Å². The van der Waals surface area contributed by atoms with Gasteiger partial charge in [-0.05, 0) is 10.8 Å². The summed E-state index contributed by atoms with van der Waals surface area (Å²) in [7, 11) is 0. The molecule has 2 aromatic carbocycles. The summed E-state index contributed by atoms with van der Waals surface area (Å²) in [6.45, 7) is 0. The molecule has 0 saturated carbocycles. The van der Waals surface area contributed by atoms with Crippen molar-refractivity contribution in [2.75, 3.05) is 0 Å². The molecule has 1 aromatic heterocycles. The van der Waals surface area contributed by atoms with Crippen LogP contribution in [0.5, 0.6) is 0 Å². The van der Waals surface area contributed by atoms with E-state index in [1.165, 1.54) is 6.39 Å². The zero-order valence-corrected chi connectivity index (χ0v) is 9.96. The average Bonchev–Trinajstić information content (AvgIpc) is 2.95. The maximum Gasteiger partial charge on any atom is 0.287 e. The van der Waals surface area contributed by atoms with E-state index < -0.39 is 5.91 Å². The van der Waals surface area contributed by atoms with Gasteiger partial charge in [0.15, 0.2) is 17.8 Å². The summed E-state index contributed by atoms with van der Waals surface area (Å²) in [5.74, 6) is 5.08. The number of rotatable bonds is 2. The largest absolute Gasteiger partial charge is 0.443 e. The van der Waals surface area contributed by atoms with Gasteiger partial charge in [-0.25, -0.2) is 10.8 Å². The molecule has 0 saturated heterocycles. The van der Waals surface area contributed by atoms with Crippen molar-refractivity contribution < 1.29 is 9.21 Å². The number of hydrogen-bond acceptors (Lipinski definition) is 4. The summed E-state index contributed by atoms with van der Waals surface area (Å²) in [4.78, 5) is 15.6. The number of nitrogens with one attached hydrogen (secondary N) is 1. The van der Waals surface area contributed by atoms with Crippen molar-refractivity contribution in [2.45, 2.75) is 0 Å². The number of amides is 1. The average molecular weight is 253 g/mol. The lowest BCUT2D eigenvalue weighted by Crippen LogP contribution is -2.30. The molecule has 0 aliphatic heterocycles. The minimum atomic E-state index is -0.475. The van der Waals surface area contributed by atoms with E-state index in [9.17, 15) is 4.79 Å². The van der Waals surface area contributed by atoms with Gasteiger partial charge in [0.2, 0.25) is 0 Å². The van der Waals surface area contributed by atoms with Gasteiger partial charge in [-0.15, -0.1) is 0 Å². The molecule has 0 fully saturated rings. The third kappa shape index (κ3) is 1.86. The van der Waals surface area contributed by atoms with Crippen LogP contribution in [0.1, 0.15) is 10.5 Å². The molecule has 3 N–H and O–H groups in total. The molecule has 0 spiro atoms. The van der Waals surface area contributed by atoms with Crippen LogP contribution < -0.4 is 11.3 Å². The molecule has 0 bridgehead atoms. The molecule has 3 aromatic rings. The molecule has 0 atom stereocenters. The fraction of sp³-hybridized carbons (Fsp3) is 0. The van der Waals surface area contributed by atoms with Crippen molar-refractivity contribution >= 4 is 16.7 Å². The highest BCUT2D eigenvalue weighted by molar-refractivity contribution is 6.02. The van der Waals surface area contributed by atoms with E-state index in [-0.39, 0.29) is 5.69 Å². The summed E-state index contributed by atoms with van der Waals surface area (Å²) in [5, 5.41) is 2.06. The lowest BCUT2D eigenvalue weighted by Gasteiger charge is -2.05. The van der Waals surface area contributed by atoms with Crippen molar-refractivity contribution in [2.24, 2.45) is 5.84 Å². The molecule has 3 rings (SSSR count). The lowest BCUT2D eigenvalue weighted by atomic mass is 10.0. The van der Waals surface area contributed by atoms with E-state index in [4.69, 9.17) is 10.3 Å². The topological polar surface area (TPSA) is 81.1 Å². The Bertz CT molecular complexity index is 744. The van der Waals surface area contributed by atoms with Crippen molar-refractivity contribution in [3.05, 3.63) is 54.6 Å². The van der Waals surface area contributed by atoms with E-state index in [1.807, 2.05) is 42.5 Å². The number of benzene rings is 2. The van der Waals surface area contributed by atoms with Gasteiger partial charge in [-0.2, -0.15) is 0 Å². The highest BCUT2D eigenvalue weighted by Gasteiger charge is 2.18. The lowest BCUT2D eigenvalue weighted by molar-refractivity contribution is 0.0949. The zero-order chi connectivity index (χ0) is 13.2. The minimum Gasteiger partial charge on any atom is -0.443 e. The molecule has 19 heavy (non-hydrogen) atoms. The van der Waals surface area contributed by atoms with Crippen LogP contribution in [0.25, 0.3) is 22.1 Å². The van der Waals surface area contributed by atoms with Gasteiger partial charge in [0.25, 0.3) is 5.91 Å². The highest BCUT2D eigenvalue weighted by Crippen LogP contribution is 2.30. The molecule has 0 aliphatic carbocycles. The van der Waals surface area contributed by atoms with Crippen molar-refractivity contribution in [1.82, 2.24) is 10.4 Å². The monoisotopic (exact) mass is 253 g/mol. The summed E-state index contributed by atoms with van der Waals surface area (Å²) < 4.78 is 5.35. The van der Waals surface area contributed by atoms with E-state index in [0.29, 0.717) is 5.76 Å². The van der Waals surface area contributed by atoms with Gasteiger partial charge < -0.3 is 4.42 Å². The van der Waals surface area contributed by atoms with Crippen LogP contribution in [0, 0.1) is 0 Å². The summed E-state index contributed by atoms with van der Waals surface area (Å²) in [5.41, 5.74) is 3.06. The normalized spacial score (nSPS) is 10.6. The first-order valence-corrected chi connectivity index (χ1v) is 5.74. The number of nitrogen functional groups attached to an aromatic ring is 1. The molecular weight excluding hydrogens is 242 g/mol. The SMILES string of the molecule is NNC(=O)c1ncoc1-c1cccc2ccccc12. The number of aromatic nitrogens is 1. The standard InChI is InChI=1S/C14H11N3O2/c15-17-14(18)12-13(19-8-16-12)11-7-3-5-9-4-1-2-6-10(9)11/h1-8H,15H2,(H,17,18). The summed E-state index contributed by atoms with van der Waals surface area (Å²) in [6, 6.07) is 13.7. The fourth-order valence-electron chi connectivity index (χ4n) is 2.09. The summed E-state index contributed by atoms with van der Waals surface area (Å²) in [6.07, 6.45) is 1.24. The molecule has 0 radical (unpaired) electrons. The Morgan fingerprint density at radius 1 is 1.16 bits per heavy atom. The fourth-order valence-corrected chi connectivity index (χ4v) is 2.09. The first-order valence-electron chi connectivity index (χ1n) is 5.74. The summed E-state index contributed by atoms with van der Waals surface area (Å²) >= 11 is 0. The molecule has 0 aliphatic rings. The van der Waals surface area contributed by atoms with E-state index in [1.54, 1.807) is 0 Å². The third-order valence-electron chi connectivity index (χ3n) is 2.95. The van der Waals surface area contributed by atoms with Gasteiger partial charge in [0.1, 0.15) is 0 Å². The number of nitrogens with zero attached hydrogens (tertiary/aromatic N) is 1. The quantitative estimate of drug-likeness (QED) is 0.416. The maximum atomic E-state index is 11.6. The first-order chi connectivity index (χ1) is 9.31. The first kappa shape index (κ1) is 11.4. The van der Waals surface area contributed by atoms with Crippen molar-refractivity contribution in [3.8, 4) is 11.3 Å². The van der Waals surface area contributed by atoms with Crippen LogP contribution in [0.15, 0.2) is 53.3 Å². The van der Waals surface area contributed by atoms with Gasteiger partial charge in [0, 0.05) is 5.56 Å². The number of oxazole rings is 1. The predicted octanol–water partition coefficient (Wildman–Crippen LogP) is 2.10.